The molecule has 1 unspecified atom stereocenters. The number of hydrogen-bond donors (Lipinski definition) is 1. The van der Waals surface area contributed by atoms with Crippen LogP contribution in [0, 0.1) is 6.92 Å². The fourth-order valence-electron chi connectivity index (χ4n) is 1.14. The third-order valence-electron chi connectivity index (χ3n) is 2.04. The summed E-state index contributed by atoms with van der Waals surface area (Å²) in [6, 6.07) is 6.82. The first kappa shape index (κ1) is 12.5. The van der Waals surface area contributed by atoms with E-state index >= 15 is 0 Å². The topological polar surface area (TPSA) is 61.5 Å². The molecule has 0 aliphatic carbocycles. The molecule has 0 fully saturated rings. The number of hydrogen-bond acceptors (Lipinski definition) is 4. The molecule has 0 aliphatic heterocycles. The Hall–Kier alpha value is -1.55. The number of esters is 1. The zero-order valence-corrected chi connectivity index (χ0v) is 9.60. The Morgan fingerprint density at radius 2 is 2.00 bits per heavy atom. The minimum Gasteiger partial charge on any atom is -0.491 e. The number of nitrogens with two attached hydrogens (primary N) is 1. The molecule has 1 aromatic carbocycles. The monoisotopic (exact) mass is 223 g/mol. The van der Waals surface area contributed by atoms with Gasteiger partial charge < -0.3 is 15.2 Å². The smallest absolute Gasteiger partial charge is 0.326 e. The molecule has 4 heteroatoms. The van der Waals surface area contributed by atoms with Crippen LogP contribution in [0.5, 0.6) is 5.75 Å². The van der Waals surface area contributed by atoms with Gasteiger partial charge in [-0.3, -0.25) is 4.79 Å². The van der Waals surface area contributed by atoms with Crippen molar-refractivity contribution in [2.75, 3.05) is 13.2 Å². The Labute approximate surface area is 95.3 Å². The molecule has 1 rings (SSSR count). The van der Waals surface area contributed by atoms with Gasteiger partial charge in [0.1, 0.15) is 18.4 Å². The van der Waals surface area contributed by atoms with E-state index in [1.807, 2.05) is 31.2 Å². The average molecular weight is 223 g/mol. The zero-order chi connectivity index (χ0) is 12.0. The average Bonchev–Trinajstić information content (AvgIpc) is 2.28. The van der Waals surface area contributed by atoms with Crippen molar-refractivity contribution in [3.05, 3.63) is 29.8 Å². The second kappa shape index (κ2) is 6.12. The number of ether oxygens (including phenoxy) is 2. The van der Waals surface area contributed by atoms with Gasteiger partial charge in [0.2, 0.25) is 0 Å². The van der Waals surface area contributed by atoms with Crippen LogP contribution in [0.2, 0.25) is 0 Å². The van der Waals surface area contributed by atoms with E-state index in [1.165, 1.54) is 0 Å². The zero-order valence-electron chi connectivity index (χ0n) is 9.60. The highest BCUT2D eigenvalue weighted by Crippen LogP contribution is 2.11. The van der Waals surface area contributed by atoms with E-state index < -0.39 is 12.0 Å². The SMILES string of the molecule is CCOC(=O)C(N)COc1ccc(C)cc1. The molecule has 0 spiro atoms. The van der Waals surface area contributed by atoms with Crippen LogP contribution in [0.1, 0.15) is 12.5 Å². The predicted octanol–water partition coefficient (Wildman–Crippen LogP) is 1.26. The fraction of sp³-hybridized carbons (Fsp3) is 0.417. The Bertz CT molecular complexity index is 335. The molecule has 0 aromatic heterocycles. The highest BCUT2D eigenvalue weighted by Gasteiger charge is 2.14. The first-order valence-electron chi connectivity index (χ1n) is 5.25. The molecule has 2 N–H and O–H groups in total. The lowest BCUT2D eigenvalue weighted by Gasteiger charge is -2.12. The molecular formula is C12H17NO3. The van der Waals surface area contributed by atoms with Crippen molar-refractivity contribution in [3.8, 4) is 5.75 Å². The van der Waals surface area contributed by atoms with Gasteiger partial charge in [-0.2, -0.15) is 0 Å². The maximum Gasteiger partial charge on any atom is 0.326 e. The second-order valence-corrected chi connectivity index (χ2v) is 3.48. The summed E-state index contributed by atoms with van der Waals surface area (Å²) in [5, 5.41) is 0. The Balaban J connectivity index is 2.39. The summed E-state index contributed by atoms with van der Waals surface area (Å²) in [6.07, 6.45) is 0. The minimum atomic E-state index is -0.735. The molecule has 0 aliphatic rings. The van der Waals surface area contributed by atoms with Crippen molar-refractivity contribution in [1.29, 1.82) is 0 Å². The van der Waals surface area contributed by atoms with Crippen LogP contribution in [-0.2, 0) is 9.53 Å². The van der Waals surface area contributed by atoms with Crippen molar-refractivity contribution < 1.29 is 14.3 Å². The number of benzene rings is 1. The highest BCUT2D eigenvalue weighted by molar-refractivity contribution is 5.75. The Morgan fingerprint density at radius 3 is 2.56 bits per heavy atom. The maximum absolute atomic E-state index is 11.2. The van der Waals surface area contributed by atoms with Crippen LogP contribution in [0.25, 0.3) is 0 Å². The van der Waals surface area contributed by atoms with Gasteiger partial charge in [-0.1, -0.05) is 17.7 Å². The normalized spacial score (nSPS) is 11.9. The number of aryl methyl sites for hydroxylation is 1. The summed E-state index contributed by atoms with van der Waals surface area (Å²) in [5.41, 5.74) is 6.74. The molecule has 4 nitrogen and oxygen atoms in total. The molecule has 0 bridgehead atoms. The molecule has 16 heavy (non-hydrogen) atoms. The van der Waals surface area contributed by atoms with Crippen LogP contribution < -0.4 is 10.5 Å². The summed E-state index contributed by atoms with van der Waals surface area (Å²) in [7, 11) is 0. The first-order chi connectivity index (χ1) is 7.63. The number of carbonyl (C=O) groups excluding carboxylic acids is 1. The third kappa shape index (κ3) is 3.90. The predicted molar refractivity (Wildman–Crippen MR) is 61.3 cm³/mol. The lowest BCUT2D eigenvalue weighted by Crippen LogP contribution is -2.37. The highest BCUT2D eigenvalue weighted by atomic mass is 16.5. The van der Waals surface area contributed by atoms with Crippen molar-refractivity contribution in [3.63, 3.8) is 0 Å². The lowest BCUT2D eigenvalue weighted by molar-refractivity contribution is -0.145. The van der Waals surface area contributed by atoms with Gasteiger partial charge in [0.25, 0.3) is 0 Å². The largest absolute Gasteiger partial charge is 0.491 e. The van der Waals surface area contributed by atoms with E-state index in [0.717, 1.165) is 5.56 Å². The van der Waals surface area contributed by atoms with E-state index in [9.17, 15) is 4.79 Å². The molecule has 0 radical (unpaired) electrons. The molecule has 0 saturated carbocycles. The molecule has 0 saturated heterocycles. The summed E-state index contributed by atoms with van der Waals surface area (Å²) < 4.78 is 10.1. The minimum absolute atomic E-state index is 0.127. The van der Waals surface area contributed by atoms with Gasteiger partial charge in [-0.05, 0) is 26.0 Å². The number of rotatable bonds is 5. The van der Waals surface area contributed by atoms with Crippen molar-refractivity contribution in [1.82, 2.24) is 0 Å². The van der Waals surface area contributed by atoms with Gasteiger partial charge in [-0.25, -0.2) is 0 Å². The summed E-state index contributed by atoms with van der Waals surface area (Å²) in [5.74, 6) is 0.264. The van der Waals surface area contributed by atoms with Crippen molar-refractivity contribution in [2.45, 2.75) is 19.9 Å². The van der Waals surface area contributed by atoms with E-state index in [4.69, 9.17) is 15.2 Å². The summed E-state index contributed by atoms with van der Waals surface area (Å²) >= 11 is 0. The Kier molecular flexibility index (Phi) is 4.79. The summed E-state index contributed by atoms with van der Waals surface area (Å²) in [6.45, 7) is 4.19. The van der Waals surface area contributed by atoms with Crippen LogP contribution in [0.15, 0.2) is 24.3 Å². The molecule has 0 amide bonds. The van der Waals surface area contributed by atoms with E-state index in [1.54, 1.807) is 6.92 Å². The first-order valence-corrected chi connectivity index (χ1v) is 5.25. The molecule has 1 atom stereocenters. The molecule has 0 heterocycles. The Morgan fingerprint density at radius 1 is 1.38 bits per heavy atom. The van der Waals surface area contributed by atoms with Gasteiger partial charge in [0.15, 0.2) is 0 Å². The van der Waals surface area contributed by atoms with E-state index in [-0.39, 0.29) is 6.61 Å². The summed E-state index contributed by atoms with van der Waals surface area (Å²) in [4.78, 5) is 11.2. The lowest BCUT2D eigenvalue weighted by atomic mass is 10.2. The quantitative estimate of drug-likeness (QED) is 0.763. The third-order valence-corrected chi connectivity index (χ3v) is 2.04. The molecule has 88 valence electrons. The second-order valence-electron chi connectivity index (χ2n) is 3.48. The molecular weight excluding hydrogens is 206 g/mol. The van der Waals surface area contributed by atoms with Crippen LogP contribution >= 0.6 is 0 Å². The van der Waals surface area contributed by atoms with Gasteiger partial charge >= 0.3 is 5.97 Å². The van der Waals surface area contributed by atoms with Gasteiger partial charge in [0.05, 0.1) is 6.61 Å². The van der Waals surface area contributed by atoms with Crippen molar-refractivity contribution >= 4 is 5.97 Å². The van der Waals surface area contributed by atoms with E-state index in [2.05, 4.69) is 0 Å². The van der Waals surface area contributed by atoms with Gasteiger partial charge in [0, 0.05) is 0 Å². The van der Waals surface area contributed by atoms with Crippen molar-refractivity contribution in [2.24, 2.45) is 5.73 Å². The van der Waals surface area contributed by atoms with Crippen LogP contribution in [0.4, 0.5) is 0 Å². The fourth-order valence-corrected chi connectivity index (χ4v) is 1.14. The van der Waals surface area contributed by atoms with Crippen LogP contribution in [0.3, 0.4) is 0 Å². The van der Waals surface area contributed by atoms with E-state index in [0.29, 0.717) is 12.4 Å². The molecule has 1 aromatic rings. The van der Waals surface area contributed by atoms with Gasteiger partial charge in [-0.15, -0.1) is 0 Å². The van der Waals surface area contributed by atoms with Crippen LogP contribution in [-0.4, -0.2) is 25.2 Å². The standard InChI is InChI=1S/C12H17NO3/c1-3-15-12(14)11(13)8-16-10-6-4-9(2)5-7-10/h4-7,11H,3,8,13H2,1-2H3. The maximum atomic E-state index is 11.2. The number of carbonyl (C=O) groups is 1.